The molecule has 3 nitrogen and oxygen atoms in total. The van der Waals surface area contributed by atoms with E-state index in [1.165, 1.54) is 43.2 Å². The van der Waals surface area contributed by atoms with Gasteiger partial charge in [-0.2, -0.15) is 0 Å². The van der Waals surface area contributed by atoms with Crippen molar-refractivity contribution in [1.82, 2.24) is 4.98 Å². The van der Waals surface area contributed by atoms with E-state index in [9.17, 15) is 4.79 Å². The minimum atomic E-state index is -0.436. The summed E-state index contributed by atoms with van der Waals surface area (Å²) in [6, 6.07) is 8.29. The predicted octanol–water partition coefficient (Wildman–Crippen LogP) is 5.10. The van der Waals surface area contributed by atoms with Crippen LogP contribution in [0.3, 0.4) is 0 Å². The monoisotopic (exact) mass is 313 g/mol. The van der Waals surface area contributed by atoms with Gasteiger partial charge in [-0.05, 0) is 51.2 Å². The van der Waals surface area contributed by atoms with Crippen molar-refractivity contribution in [2.24, 2.45) is 0 Å². The first-order valence-corrected chi connectivity index (χ1v) is 8.75. The fraction of sp³-hybridized carbons (Fsp3) is 0.550. The van der Waals surface area contributed by atoms with Gasteiger partial charge in [-0.15, -0.1) is 0 Å². The molecule has 0 unspecified atom stereocenters. The van der Waals surface area contributed by atoms with Crippen LogP contribution in [0.15, 0.2) is 24.3 Å². The summed E-state index contributed by atoms with van der Waals surface area (Å²) in [5.41, 5.74) is 3.10. The van der Waals surface area contributed by atoms with Crippen molar-refractivity contribution < 1.29 is 9.53 Å². The number of carbonyl (C=O) groups is 1. The number of hydrogen-bond donors (Lipinski definition) is 1. The molecule has 1 aliphatic carbocycles. The number of benzene rings is 1. The Morgan fingerprint density at radius 2 is 1.87 bits per heavy atom. The molecule has 0 radical (unpaired) electrons. The highest BCUT2D eigenvalue weighted by Crippen LogP contribution is 2.37. The summed E-state index contributed by atoms with van der Waals surface area (Å²) in [5, 5.41) is 1.17. The first-order chi connectivity index (χ1) is 10.9. The van der Waals surface area contributed by atoms with Crippen LogP contribution in [0.1, 0.15) is 70.1 Å². The van der Waals surface area contributed by atoms with Crippen molar-refractivity contribution in [3.05, 3.63) is 35.5 Å². The highest BCUT2D eigenvalue weighted by atomic mass is 16.6. The fourth-order valence-electron chi connectivity index (χ4n) is 3.67. The Morgan fingerprint density at radius 1 is 1.17 bits per heavy atom. The maximum atomic E-state index is 12.4. The number of hydrogen-bond acceptors (Lipinski definition) is 2. The molecular formula is C20H27NO2. The van der Waals surface area contributed by atoms with E-state index in [1.54, 1.807) is 0 Å². The van der Waals surface area contributed by atoms with Crippen LogP contribution >= 0.6 is 0 Å². The maximum absolute atomic E-state index is 12.4. The van der Waals surface area contributed by atoms with Crippen molar-refractivity contribution in [2.45, 2.75) is 70.8 Å². The van der Waals surface area contributed by atoms with E-state index < -0.39 is 5.60 Å². The Morgan fingerprint density at radius 3 is 2.57 bits per heavy atom. The lowest BCUT2D eigenvalue weighted by molar-refractivity contribution is -0.153. The zero-order chi connectivity index (χ0) is 16.4. The smallest absolute Gasteiger partial charge is 0.310 e. The van der Waals surface area contributed by atoms with Crippen LogP contribution in [0.2, 0.25) is 0 Å². The molecule has 1 heterocycles. The second kappa shape index (κ2) is 6.38. The van der Waals surface area contributed by atoms with Gasteiger partial charge in [-0.25, -0.2) is 0 Å². The van der Waals surface area contributed by atoms with Crippen molar-refractivity contribution in [3.8, 4) is 0 Å². The second-order valence-corrected chi connectivity index (χ2v) is 7.66. The van der Waals surface area contributed by atoms with Crippen LogP contribution in [0.4, 0.5) is 0 Å². The first-order valence-electron chi connectivity index (χ1n) is 8.75. The van der Waals surface area contributed by atoms with E-state index in [2.05, 4.69) is 17.1 Å². The molecule has 0 amide bonds. The number of esters is 1. The van der Waals surface area contributed by atoms with Crippen molar-refractivity contribution >= 4 is 16.9 Å². The molecule has 1 saturated carbocycles. The minimum absolute atomic E-state index is 0.140. The molecule has 124 valence electrons. The van der Waals surface area contributed by atoms with Crippen LogP contribution in [0, 0.1) is 0 Å². The van der Waals surface area contributed by atoms with E-state index in [4.69, 9.17) is 4.74 Å². The predicted molar refractivity (Wildman–Crippen MR) is 93.7 cm³/mol. The summed E-state index contributed by atoms with van der Waals surface area (Å²) in [4.78, 5) is 16.0. The van der Waals surface area contributed by atoms with Gasteiger partial charge in [-0.3, -0.25) is 4.79 Å². The Labute approximate surface area is 138 Å². The number of ether oxygens (including phenoxy) is 1. The second-order valence-electron chi connectivity index (χ2n) is 7.66. The topological polar surface area (TPSA) is 42.1 Å². The van der Waals surface area contributed by atoms with Crippen molar-refractivity contribution in [3.63, 3.8) is 0 Å². The SMILES string of the molecule is CC(C)(C)OC(=O)Cc1c(C2CCCCC2)[nH]c2ccccc12. The lowest BCUT2D eigenvalue weighted by atomic mass is 9.85. The zero-order valence-corrected chi connectivity index (χ0v) is 14.4. The molecule has 2 aromatic rings. The molecule has 3 rings (SSSR count). The number of aromatic amines is 1. The molecule has 23 heavy (non-hydrogen) atoms. The molecule has 1 fully saturated rings. The highest BCUT2D eigenvalue weighted by molar-refractivity contribution is 5.89. The van der Waals surface area contributed by atoms with Gasteiger partial charge in [0.15, 0.2) is 0 Å². The van der Waals surface area contributed by atoms with Crippen LogP contribution in [0.25, 0.3) is 10.9 Å². The average molecular weight is 313 g/mol. The number of aromatic nitrogens is 1. The molecule has 0 aliphatic heterocycles. The maximum Gasteiger partial charge on any atom is 0.310 e. The molecular weight excluding hydrogens is 286 g/mol. The molecule has 3 heteroatoms. The minimum Gasteiger partial charge on any atom is -0.460 e. The molecule has 1 N–H and O–H groups in total. The van der Waals surface area contributed by atoms with E-state index in [1.807, 2.05) is 32.9 Å². The van der Waals surface area contributed by atoms with E-state index >= 15 is 0 Å². The van der Waals surface area contributed by atoms with Crippen LogP contribution < -0.4 is 0 Å². The Balaban J connectivity index is 1.94. The number of para-hydroxylation sites is 1. The average Bonchev–Trinajstić information content (AvgIpc) is 2.85. The Hall–Kier alpha value is -1.77. The molecule has 0 atom stereocenters. The Bertz CT molecular complexity index is 687. The van der Waals surface area contributed by atoms with Crippen molar-refractivity contribution in [2.75, 3.05) is 0 Å². The van der Waals surface area contributed by atoms with E-state index in [0.29, 0.717) is 12.3 Å². The van der Waals surface area contributed by atoms with Gasteiger partial charge in [0.25, 0.3) is 0 Å². The van der Waals surface area contributed by atoms with Gasteiger partial charge in [-0.1, -0.05) is 37.5 Å². The van der Waals surface area contributed by atoms with Gasteiger partial charge in [0.1, 0.15) is 5.60 Å². The first kappa shape index (κ1) is 16.1. The van der Waals surface area contributed by atoms with Crippen LogP contribution in [-0.4, -0.2) is 16.6 Å². The summed E-state index contributed by atoms with van der Waals surface area (Å²) >= 11 is 0. The van der Waals surface area contributed by atoms with Gasteiger partial charge in [0, 0.05) is 16.6 Å². The van der Waals surface area contributed by atoms with Gasteiger partial charge in [0.05, 0.1) is 6.42 Å². The molecule has 1 aromatic carbocycles. The third kappa shape index (κ3) is 3.77. The molecule has 0 spiro atoms. The van der Waals surface area contributed by atoms with Gasteiger partial charge >= 0.3 is 5.97 Å². The number of rotatable bonds is 3. The molecule has 0 saturated heterocycles. The van der Waals surface area contributed by atoms with Gasteiger partial charge < -0.3 is 9.72 Å². The summed E-state index contributed by atoms with van der Waals surface area (Å²) < 4.78 is 5.55. The van der Waals surface area contributed by atoms with Crippen LogP contribution in [-0.2, 0) is 16.0 Å². The van der Waals surface area contributed by atoms with E-state index in [-0.39, 0.29) is 5.97 Å². The summed E-state index contributed by atoms with van der Waals surface area (Å²) in [6.45, 7) is 5.76. The highest BCUT2D eigenvalue weighted by Gasteiger charge is 2.25. The quantitative estimate of drug-likeness (QED) is 0.801. The third-order valence-corrected chi connectivity index (χ3v) is 4.60. The summed E-state index contributed by atoms with van der Waals surface area (Å²) in [6.07, 6.45) is 6.69. The third-order valence-electron chi connectivity index (χ3n) is 4.60. The Kier molecular flexibility index (Phi) is 4.47. The largest absolute Gasteiger partial charge is 0.460 e. The summed E-state index contributed by atoms with van der Waals surface area (Å²) in [7, 11) is 0. The van der Waals surface area contributed by atoms with Crippen molar-refractivity contribution in [1.29, 1.82) is 0 Å². The zero-order valence-electron chi connectivity index (χ0n) is 14.4. The van der Waals surface area contributed by atoms with Gasteiger partial charge in [0.2, 0.25) is 0 Å². The number of carbonyl (C=O) groups excluding carboxylic acids is 1. The molecule has 0 bridgehead atoms. The molecule has 1 aromatic heterocycles. The summed E-state index contributed by atoms with van der Waals surface area (Å²) in [5.74, 6) is 0.410. The van der Waals surface area contributed by atoms with E-state index in [0.717, 1.165) is 11.1 Å². The van der Waals surface area contributed by atoms with Crippen LogP contribution in [0.5, 0.6) is 0 Å². The molecule has 1 aliphatic rings. The number of H-pyrrole nitrogens is 1. The number of nitrogens with one attached hydrogen (secondary N) is 1. The lowest BCUT2D eigenvalue weighted by Crippen LogP contribution is -2.25. The standard InChI is InChI=1S/C20H27NO2/c1-20(2,3)23-18(22)13-16-15-11-7-8-12-17(15)21-19(16)14-9-5-4-6-10-14/h7-8,11-12,14,21H,4-6,9-10,13H2,1-3H3. The fourth-order valence-corrected chi connectivity index (χ4v) is 3.67. The lowest BCUT2D eigenvalue weighted by Gasteiger charge is -2.23. The normalized spacial score (nSPS) is 16.7. The number of fused-ring (bicyclic) bond motifs is 1.